The van der Waals surface area contributed by atoms with Gasteiger partial charge in [0.15, 0.2) is 12.4 Å². The second kappa shape index (κ2) is 3.79. The molecule has 0 unspecified atom stereocenters. The van der Waals surface area contributed by atoms with Crippen molar-refractivity contribution in [1.82, 2.24) is 9.97 Å². The third kappa shape index (κ3) is 1.31. The van der Waals surface area contributed by atoms with Crippen LogP contribution in [-0.4, -0.2) is 9.97 Å². The first-order valence-electron chi connectivity index (χ1n) is 7.73. The molecule has 0 spiro atoms. The second-order valence-corrected chi connectivity index (χ2v) is 6.03. The van der Waals surface area contributed by atoms with Crippen LogP contribution < -0.4 is 9.13 Å². The number of hydrogen-bond acceptors (Lipinski definition) is 2. The van der Waals surface area contributed by atoms with E-state index in [9.17, 15) is 0 Å². The van der Waals surface area contributed by atoms with E-state index in [1.165, 1.54) is 21.8 Å². The maximum atomic E-state index is 4.94. The van der Waals surface area contributed by atoms with E-state index in [0.29, 0.717) is 0 Å². The molecule has 1 aliphatic rings. The Morgan fingerprint density at radius 3 is 1.70 bits per heavy atom. The van der Waals surface area contributed by atoms with Crippen molar-refractivity contribution >= 4 is 43.9 Å². The average molecular weight is 296 g/mol. The molecule has 106 valence electrons. The standard InChI is InChI=1S/C19H12N4/c1-2-8-15-14(7-1)20-16-12-5-3-9-22-11-23-10-4-6-13(17(16)21-15)19(23)18(12)22/h1-10H,11H2/q+2. The molecule has 0 fully saturated rings. The van der Waals surface area contributed by atoms with E-state index in [4.69, 9.17) is 9.97 Å². The van der Waals surface area contributed by atoms with Crippen molar-refractivity contribution in [3.8, 4) is 0 Å². The lowest BCUT2D eigenvalue weighted by atomic mass is 10.1. The number of benzene rings is 2. The van der Waals surface area contributed by atoms with E-state index < -0.39 is 0 Å². The fraction of sp³-hybridized carbons (Fsp3) is 0.0526. The van der Waals surface area contributed by atoms with Gasteiger partial charge in [-0.05, 0) is 24.3 Å². The third-order valence-electron chi connectivity index (χ3n) is 4.75. The molecule has 3 aromatic heterocycles. The van der Waals surface area contributed by atoms with E-state index in [-0.39, 0.29) is 0 Å². The zero-order chi connectivity index (χ0) is 15.0. The fourth-order valence-electron chi connectivity index (χ4n) is 3.79. The quantitative estimate of drug-likeness (QED) is 0.245. The van der Waals surface area contributed by atoms with Gasteiger partial charge in [-0.2, -0.15) is 0 Å². The molecule has 4 nitrogen and oxygen atoms in total. The normalized spacial score (nSPS) is 13.0. The van der Waals surface area contributed by atoms with Crippen LogP contribution in [0.3, 0.4) is 0 Å². The molecular formula is C19H12N4+2. The Balaban J connectivity index is 2.03. The maximum Gasteiger partial charge on any atom is 0.345 e. The molecule has 0 N–H and O–H groups in total. The molecule has 23 heavy (non-hydrogen) atoms. The highest BCUT2D eigenvalue weighted by Gasteiger charge is 2.33. The van der Waals surface area contributed by atoms with Crippen LogP contribution in [0.2, 0.25) is 0 Å². The average Bonchev–Trinajstić information content (AvgIpc) is 2.99. The van der Waals surface area contributed by atoms with Crippen molar-refractivity contribution in [3.05, 3.63) is 60.9 Å². The van der Waals surface area contributed by atoms with Gasteiger partial charge in [-0.1, -0.05) is 12.1 Å². The smallest absolute Gasteiger partial charge is 0.244 e. The monoisotopic (exact) mass is 296 g/mol. The number of hydrogen-bond donors (Lipinski definition) is 0. The van der Waals surface area contributed by atoms with Crippen LogP contribution in [0.25, 0.3) is 43.9 Å². The molecule has 0 atom stereocenters. The van der Waals surface area contributed by atoms with Gasteiger partial charge in [0.2, 0.25) is 0 Å². The first kappa shape index (κ1) is 11.4. The van der Waals surface area contributed by atoms with Crippen LogP contribution >= 0.6 is 0 Å². The predicted octanol–water partition coefficient (Wildman–Crippen LogP) is 2.48. The summed E-state index contributed by atoms with van der Waals surface area (Å²) in [7, 11) is 0. The number of fused-ring (bicyclic) bond motifs is 4. The number of rotatable bonds is 0. The molecule has 0 radical (unpaired) electrons. The Hall–Kier alpha value is -3.14. The Morgan fingerprint density at radius 1 is 0.652 bits per heavy atom. The molecule has 0 aliphatic carbocycles. The van der Waals surface area contributed by atoms with E-state index in [2.05, 4.69) is 45.8 Å². The van der Waals surface area contributed by atoms with Gasteiger partial charge in [-0.25, -0.2) is 9.97 Å². The summed E-state index contributed by atoms with van der Waals surface area (Å²) in [5.41, 5.74) is 6.36. The SMILES string of the molecule is c1ccc2nc3c4ccc[n+]5c4c4c(ccc[n+]4C5)c3nc2c1. The summed E-state index contributed by atoms with van der Waals surface area (Å²) in [5.74, 6) is 0. The Labute approximate surface area is 131 Å². The molecule has 0 bridgehead atoms. The van der Waals surface area contributed by atoms with Crippen molar-refractivity contribution in [2.24, 2.45) is 0 Å². The van der Waals surface area contributed by atoms with Gasteiger partial charge in [-0.15, -0.1) is 9.13 Å². The van der Waals surface area contributed by atoms with Gasteiger partial charge in [0.05, 0.1) is 21.8 Å². The molecule has 2 aromatic carbocycles. The molecule has 5 aromatic rings. The van der Waals surface area contributed by atoms with Gasteiger partial charge in [0.25, 0.3) is 11.0 Å². The summed E-state index contributed by atoms with van der Waals surface area (Å²) in [5, 5.41) is 2.34. The molecule has 0 amide bonds. The number of nitrogens with zero attached hydrogens (tertiary/aromatic N) is 4. The van der Waals surface area contributed by atoms with Crippen molar-refractivity contribution in [3.63, 3.8) is 0 Å². The lowest BCUT2D eigenvalue weighted by molar-refractivity contribution is -0.872. The lowest BCUT2D eigenvalue weighted by Gasteiger charge is -2.03. The maximum absolute atomic E-state index is 4.94. The minimum absolute atomic E-state index is 0.847. The lowest BCUT2D eigenvalue weighted by Crippen LogP contribution is -2.45. The molecule has 4 heteroatoms. The Morgan fingerprint density at radius 2 is 1.17 bits per heavy atom. The summed E-state index contributed by atoms with van der Waals surface area (Å²) in [6.45, 7) is 0.847. The van der Waals surface area contributed by atoms with Crippen molar-refractivity contribution in [2.75, 3.05) is 0 Å². The minimum Gasteiger partial charge on any atom is -0.244 e. The van der Waals surface area contributed by atoms with Crippen LogP contribution in [-0.2, 0) is 6.67 Å². The van der Waals surface area contributed by atoms with Crippen molar-refractivity contribution in [2.45, 2.75) is 6.67 Å². The van der Waals surface area contributed by atoms with Gasteiger partial charge < -0.3 is 0 Å². The van der Waals surface area contributed by atoms with E-state index in [0.717, 1.165) is 28.7 Å². The summed E-state index contributed by atoms with van der Waals surface area (Å²) < 4.78 is 4.57. The van der Waals surface area contributed by atoms with E-state index in [1.54, 1.807) is 0 Å². The Kier molecular flexibility index (Phi) is 1.88. The summed E-state index contributed by atoms with van der Waals surface area (Å²) in [6.07, 6.45) is 4.27. The molecule has 4 heterocycles. The van der Waals surface area contributed by atoms with Gasteiger partial charge in [0.1, 0.15) is 11.0 Å². The highest BCUT2D eigenvalue weighted by molar-refractivity contribution is 6.19. The minimum atomic E-state index is 0.847. The summed E-state index contributed by atoms with van der Waals surface area (Å²) in [4.78, 5) is 9.87. The number of aromatic nitrogens is 4. The fourth-order valence-corrected chi connectivity index (χ4v) is 3.79. The predicted molar refractivity (Wildman–Crippen MR) is 87.8 cm³/mol. The molecule has 6 rings (SSSR count). The van der Waals surface area contributed by atoms with Crippen molar-refractivity contribution < 1.29 is 9.13 Å². The van der Waals surface area contributed by atoms with Gasteiger partial charge in [0, 0.05) is 12.1 Å². The summed E-state index contributed by atoms with van der Waals surface area (Å²) >= 11 is 0. The topological polar surface area (TPSA) is 33.5 Å². The molecule has 1 aliphatic heterocycles. The van der Waals surface area contributed by atoms with Crippen LogP contribution in [0, 0.1) is 0 Å². The van der Waals surface area contributed by atoms with Crippen molar-refractivity contribution in [1.29, 1.82) is 0 Å². The number of para-hydroxylation sites is 2. The van der Waals surface area contributed by atoms with E-state index >= 15 is 0 Å². The first-order chi connectivity index (χ1) is 11.4. The highest BCUT2D eigenvalue weighted by Crippen LogP contribution is 2.31. The third-order valence-corrected chi connectivity index (χ3v) is 4.75. The largest absolute Gasteiger partial charge is 0.345 e. The number of pyridine rings is 2. The first-order valence-corrected chi connectivity index (χ1v) is 7.73. The van der Waals surface area contributed by atoms with Gasteiger partial charge in [-0.3, -0.25) is 0 Å². The summed E-state index contributed by atoms with van der Waals surface area (Å²) in [6, 6.07) is 16.6. The zero-order valence-electron chi connectivity index (χ0n) is 12.3. The zero-order valence-corrected chi connectivity index (χ0v) is 12.3. The van der Waals surface area contributed by atoms with Crippen LogP contribution in [0.15, 0.2) is 60.9 Å². The highest BCUT2D eigenvalue weighted by atomic mass is 15.2. The molecule has 0 saturated carbocycles. The molecular weight excluding hydrogens is 284 g/mol. The van der Waals surface area contributed by atoms with Crippen LogP contribution in [0.4, 0.5) is 0 Å². The second-order valence-electron chi connectivity index (χ2n) is 6.03. The van der Waals surface area contributed by atoms with E-state index in [1.807, 2.05) is 24.3 Å². The Bertz CT molecular complexity index is 1190. The van der Waals surface area contributed by atoms with Crippen LogP contribution in [0.1, 0.15) is 0 Å². The van der Waals surface area contributed by atoms with Gasteiger partial charge >= 0.3 is 6.67 Å². The van der Waals surface area contributed by atoms with Crippen LogP contribution in [0.5, 0.6) is 0 Å². The molecule has 0 saturated heterocycles.